The zero-order valence-electron chi connectivity index (χ0n) is 12.1. The molecule has 3 heteroatoms. The van der Waals surface area contributed by atoms with Crippen molar-refractivity contribution in [1.82, 2.24) is 10.2 Å². The van der Waals surface area contributed by atoms with Crippen LogP contribution in [-0.2, 0) is 6.54 Å². The molecule has 0 unspecified atom stereocenters. The van der Waals surface area contributed by atoms with Crippen LogP contribution in [0.5, 0.6) is 5.75 Å². The molecule has 0 aromatic heterocycles. The molecule has 1 rings (SSSR count). The lowest BCUT2D eigenvalue weighted by atomic mass is 10.2. The molecule has 1 aromatic rings. The van der Waals surface area contributed by atoms with E-state index in [2.05, 4.69) is 50.2 Å². The third-order valence-electron chi connectivity index (χ3n) is 3.10. The van der Waals surface area contributed by atoms with E-state index < -0.39 is 0 Å². The van der Waals surface area contributed by atoms with Gasteiger partial charge in [0, 0.05) is 19.1 Å². The SMILES string of the molecule is CCNCc1ccc(OCCN(C)C(C)C)cc1. The van der Waals surface area contributed by atoms with Crippen LogP contribution in [0.4, 0.5) is 0 Å². The fourth-order valence-electron chi connectivity index (χ4n) is 1.54. The summed E-state index contributed by atoms with van der Waals surface area (Å²) in [6, 6.07) is 8.88. The topological polar surface area (TPSA) is 24.5 Å². The van der Waals surface area contributed by atoms with Gasteiger partial charge in [-0.1, -0.05) is 19.1 Å². The summed E-state index contributed by atoms with van der Waals surface area (Å²) in [6.07, 6.45) is 0. The first-order valence-corrected chi connectivity index (χ1v) is 6.76. The Hall–Kier alpha value is -1.06. The Labute approximate surface area is 111 Å². The third-order valence-corrected chi connectivity index (χ3v) is 3.10. The lowest BCUT2D eigenvalue weighted by molar-refractivity contribution is 0.208. The molecule has 0 atom stereocenters. The molecule has 0 aliphatic carbocycles. The standard InChI is InChI=1S/C15H26N2O/c1-5-16-12-14-6-8-15(9-7-14)18-11-10-17(4)13(2)3/h6-9,13,16H,5,10-12H2,1-4H3. The van der Waals surface area contributed by atoms with E-state index in [0.717, 1.165) is 32.0 Å². The average molecular weight is 250 g/mol. The van der Waals surface area contributed by atoms with Crippen molar-refractivity contribution in [3.05, 3.63) is 29.8 Å². The summed E-state index contributed by atoms with van der Waals surface area (Å²) in [4.78, 5) is 2.28. The summed E-state index contributed by atoms with van der Waals surface area (Å²) < 4.78 is 5.72. The maximum atomic E-state index is 5.72. The molecule has 0 aliphatic heterocycles. The number of rotatable bonds is 8. The molecular formula is C15H26N2O. The first kappa shape index (κ1) is 15.0. The van der Waals surface area contributed by atoms with E-state index in [-0.39, 0.29) is 0 Å². The van der Waals surface area contributed by atoms with Crippen molar-refractivity contribution < 1.29 is 4.74 Å². The van der Waals surface area contributed by atoms with E-state index in [1.54, 1.807) is 0 Å². The molecular weight excluding hydrogens is 224 g/mol. The first-order valence-electron chi connectivity index (χ1n) is 6.76. The van der Waals surface area contributed by atoms with Crippen LogP contribution in [0, 0.1) is 0 Å². The summed E-state index contributed by atoms with van der Waals surface area (Å²) in [5.74, 6) is 0.951. The van der Waals surface area contributed by atoms with Crippen LogP contribution >= 0.6 is 0 Å². The molecule has 0 radical (unpaired) electrons. The Kier molecular flexibility index (Phi) is 6.76. The number of ether oxygens (including phenoxy) is 1. The van der Waals surface area contributed by atoms with Crippen molar-refractivity contribution in [2.45, 2.75) is 33.4 Å². The summed E-state index contributed by atoms with van der Waals surface area (Å²) in [6.45, 7) is 10.1. The predicted octanol–water partition coefficient (Wildman–Crippen LogP) is 2.52. The molecule has 18 heavy (non-hydrogen) atoms. The van der Waals surface area contributed by atoms with Gasteiger partial charge >= 0.3 is 0 Å². The van der Waals surface area contributed by atoms with Gasteiger partial charge in [0.05, 0.1) is 0 Å². The number of nitrogens with zero attached hydrogens (tertiary/aromatic N) is 1. The van der Waals surface area contributed by atoms with Gasteiger partial charge in [-0.05, 0) is 45.1 Å². The Bertz CT molecular complexity index is 322. The van der Waals surface area contributed by atoms with E-state index in [1.807, 2.05) is 12.1 Å². The maximum absolute atomic E-state index is 5.72. The summed E-state index contributed by atoms with van der Waals surface area (Å²) >= 11 is 0. The normalized spacial score (nSPS) is 11.2. The maximum Gasteiger partial charge on any atom is 0.119 e. The molecule has 0 spiro atoms. The van der Waals surface area contributed by atoms with E-state index in [0.29, 0.717) is 6.04 Å². The van der Waals surface area contributed by atoms with Crippen LogP contribution in [0.2, 0.25) is 0 Å². The van der Waals surface area contributed by atoms with Crippen molar-refractivity contribution in [3.8, 4) is 5.75 Å². The fraction of sp³-hybridized carbons (Fsp3) is 0.600. The molecule has 1 N–H and O–H groups in total. The van der Waals surface area contributed by atoms with E-state index in [4.69, 9.17) is 4.74 Å². The molecule has 102 valence electrons. The number of likely N-dealkylation sites (N-methyl/N-ethyl adjacent to an activating group) is 1. The number of hydrogen-bond donors (Lipinski definition) is 1. The molecule has 1 aromatic carbocycles. The summed E-state index contributed by atoms with van der Waals surface area (Å²) in [5, 5.41) is 3.31. The highest BCUT2D eigenvalue weighted by molar-refractivity contribution is 5.27. The average Bonchev–Trinajstić information content (AvgIpc) is 2.37. The molecule has 0 amide bonds. The van der Waals surface area contributed by atoms with Gasteiger partial charge < -0.3 is 15.0 Å². The van der Waals surface area contributed by atoms with Gasteiger partial charge in [-0.2, -0.15) is 0 Å². The monoisotopic (exact) mass is 250 g/mol. The highest BCUT2D eigenvalue weighted by Gasteiger charge is 2.02. The Morgan fingerprint density at radius 2 is 1.89 bits per heavy atom. The van der Waals surface area contributed by atoms with Crippen molar-refractivity contribution in [3.63, 3.8) is 0 Å². The Balaban J connectivity index is 2.30. The second kappa shape index (κ2) is 8.11. The second-order valence-corrected chi connectivity index (χ2v) is 4.85. The van der Waals surface area contributed by atoms with Crippen LogP contribution in [0.15, 0.2) is 24.3 Å². The van der Waals surface area contributed by atoms with E-state index >= 15 is 0 Å². The van der Waals surface area contributed by atoms with Crippen molar-refractivity contribution in [1.29, 1.82) is 0 Å². The Morgan fingerprint density at radius 1 is 1.22 bits per heavy atom. The van der Waals surface area contributed by atoms with Crippen LogP contribution in [0.3, 0.4) is 0 Å². The first-order chi connectivity index (χ1) is 8.63. The van der Waals surface area contributed by atoms with Gasteiger partial charge in [-0.25, -0.2) is 0 Å². The molecule has 0 bridgehead atoms. The predicted molar refractivity (Wildman–Crippen MR) is 77.1 cm³/mol. The van der Waals surface area contributed by atoms with E-state index in [9.17, 15) is 0 Å². The lowest BCUT2D eigenvalue weighted by Crippen LogP contribution is -2.30. The quantitative estimate of drug-likeness (QED) is 0.767. The number of nitrogens with one attached hydrogen (secondary N) is 1. The summed E-state index contributed by atoms with van der Waals surface area (Å²) in [5.41, 5.74) is 1.29. The molecule has 0 aliphatic rings. The van der Waals surface area contributed by atoms with Crippen LogP contribution in [0.25, 0.3) is 0 Å². The zero-order valence-corrected chi connectivity index (χ0v) is 12.1. The second-order valence-electron chi connectivity index (χ2n) is 4.85. The van der Waals surface area contributed by atoms with Crippen molar-refractivity contribution >= 4 is 0 Å². The highest BCUT2D eigenvalue weighted by atomic mass is 16.5. The van der Waals surface area contributed by atoms with Gasteiger partial charge in [0.2, 0.25) is 0 Å². The fourth-order valence-corrected chi connectivity index (χ4v) is 1.54. The van der Waals surface area contributed by atoms with Crippen molar-refractivity contribution in [2.24, 2.45) is 0 Å². The highest BCUT2D eigenvalue weighted by Crippen LogP contribution is 2.12. The molecule has 3 nitrogen and oxygen atoms in total. The van der Waals surface area contributed by atoms with Gasteiger partial charge in [-0.15, -0.1) is 0 Å². The molecule has 0 saturated carbocycles. The molecule has 0 fully saturated rings. The van der Waals surface area contributed by atoms with Gasteiger partial charge in [-0.3, -0.25) is 0 Å². The van der Waals surface area contributed by atoms with E-state index in [1.165, 1.54) is 5.56 Å². The van der Waals surface area contributed by atoms with Crippen LogP contribution < -0.4 is 10.1 Å². The van der Waals surface area contributed by atoms with Gasteiger partial charge in [0.1, 0.15) is 12.4 Å². The number of hydrogen-bond acceptors (Lipinski definition) is 3. The minimum absolute atomic E-state index is 0.566. The van der Waals surface area contributed by atoms with Crippen LogP contribution in [0.1, 0.15) is 26.3 Å². The largest absolute Gasteiger partial charge is 0.492 e. The van der Waals surface area contributed by atoms with Crippen molar-refractivity contribution in [2.75, 3.05) is 26.7 Å². The molecule has 0 saturated heterocycles. The minimum Gasteiger partial charge on any atom is -0.492 e. The zero-order chi connectivity index (χ0) is 13.4. The minimum atomic E-state index is 0.566. The Morgan fingerprint density at radius 3 is 2.44 bits per heavy atom. The third kappa shape index (κ3) is 5.52. The smallest absolute Gasteiger partial charge is 0.119 e. The lowest BCUT2D eigenvalue weighted by Gasteiger charge is -2.20. The van der Waals surface area contributed by atoms with Crippen LogP contribution in [-0.4, -0.2) is 37.7 Å². The molecule has 0 heterocycles. The number of benzene rings is 1. The van der Waals surface area contributed by atoms with Gasteiger partial charge in [0.25, 0.3) is 0 Å². The van der Waals surface area contributed by atoms with Gasteiger partial charge in [0.15, 0.2) is 0 Å². The summed E-state index contributed by atoms with van der Waals surface area (Å²) in [7, 11) is 2.12.